The van der Waals surface area contributed by atoms with Crippen LogP contribution in [-0.4, -0.2) is 9.49 Å². The second-order valence-corrected chi connectivity index (χ2v) is 15.9. The molecule has 4 heteroatoms. The van der Waals surface area contributed by atoms with Crippen LogP contribution in [0.15, 0.2) is 83.1 Å². The molecule has 0 fully saturated rings. The zero-order valence-corrected chi connectivity index (χ0v) is 26.3. The smallest absolute Gasteiger partial charge is 0.0594 e. The summed E-state index contributed by atoms with van der Waals surface area (Å²) in [5, 5.41) is 5.44. The zero-order valence-electron chi connectivity index (χ0n) is 23.1. The van der Waals surface area contributed by atoms with E-state index in [0.717, 1.165) is 6.42 Å². The van der Waals surface area contributed by atoms with Crippen LogP contribution in [0.1, 0.15) is 105 Å². The molecule has 0 aromatic carbocycles. The van der Waals surface area contributed by atoms with Crippen LogP contribution in [0.2, 0.25) is 0 Å². The normalized spacial score (nSPS) is 28.9. The first-order chi connectivity index (χ1) is 18.7. The van der Waals surface area contributed by atoms with E-state index in [-0.39, 0.29) is 9.49 Å². The molecule has 4 atom stereocenters. The van der Waals surface area contributed by atoms with E-state index >= 15 is 0 Å². The highest BCUT2D eigenvalue weighted by molar-refractivity contribution is 8.02. The zero-order chi connectivity index (χ0) is 26.3. The molecule has 0 bridgehead atoms. The lowest BCUT2D eigenvalue weighted by Crippen LogP contribution is -2.31. The van der Waals surface area contributed by atoms with Gasteiger partial charge in [-0.25, -0.2) is 0 Å². The third-order valence-corrected chi connectivity index (χ3v) is 13.8. The van der Waals surface area contributed by atoms with Crippen molar-refractivity contribution in [1.29, 1.82) is 0 Å². The standard InChI is InChI=1S/C34H43S4/c1-3-5-7-9-21-33(23-19-31(37-33)29-13-11-25-35-29)27-15-17-28(18-16-27)34(22-10-8-6-4-2)24-20-32(38-34)30-14-12-26-36-30/h11-17,19-20,23-26,31-32H,3-10,18,21-22H2,1-2H3. The molecule has 0 amide bonds. The van der Waals surface area contributed by atoms with Gasteiger partial charge in [-0.15, -0.1) is 46.2 Å². The van der Waals surface area contributed by atoms with Crippen LogP contribution in [0.25, 0.3) is 0 Å². The Morgan fingerprint density at radius 1 is 0.711 bits per heavy atom. The van der Waals surface area contributed by atoms with E-state index in [1.54, 1.807) is 11.5 Å². The number of unbranched alkanes of at least 4 members (excludes halogenated alkanes) is 6. The van der Waals surface area contributed by atoms with Crippen molar-refractivity contribution < 1.29 is 0 Å². The fourth-order valence-electron chi connectivity index (χ4n) is 6.05. The van der Waals surface area contributed by atoms with Gasteiger partial charge in [-0.05, 0) is 47.7 Å². The van der Waals surface area contributed by atoms with Crippen LogP contribution in [0, 0.1) is 5.92 Å². The monoisotopic (exact) mass is 579 g/mol. The fourth-order valence-corrected chi connectivity index (χ4v) is 11.1. The summed E-state index contributed by atoms with van der Waals surface area (Å²) in [7, 11) is 0. The topological polar surface area (TPSA) is 0 Å². The summed E-state index contributed by atoms with van der Waals surface area (Å²) >= 11 is 8.19. The predicted octanol–water partition coefficient (Wildman–Crippen LogP) is 12.1. The maximum absolute atomic E-state index is 2.60. The van der Waals surface area contributed by atoms with Crippen LogP contribution in [0.5, 0.6) is 0 Å². The Morgan fingerprint density at radius 3 is 1.82 bits per heavy atom. The first-order valence-electron chi connectivity index (χ1n) is 14.7. The molecule has 0 saturated heterocycles. The Bertz CT molecular complexity index is 1110. The lowest BCUT2D eigenvalue weighted by molar-refractivity contribution is 0.572. The average Bonchev–Trinajstić information content (AvgIpc) is 3.76. The molecular formula is C34H43S4. The summed E-state index contributed by atoms with van der Waals surface area (Å²) in [5.41, 5.74) is 1.54. The summed E-state index contributed by atoms with van der Waals surface area (Å²) in [6.07, 6.45) is 32.0. The van der Waals surface area contributed by atoms with E-state index in [2.05, 4.69) is 115 Å². The maximum Gasteiger partial charge on any atom is 0.0594 e. The molecule has 2 aliphatic heterocycles. The summed E-state index contributed by atoms with van der Waals surface area (Å²) < 4.78 is 0.268. The van der Waals surface area contributed by atoms with Crippen molar-refractivity contribution in [2.45, 2.75) is 104 Å². The van der Waals surface area contributed by atoms with Crippen LogP contribution in [-0.2, 0) is 0 Å². The van der Waals surface area contributed by atoms with Crippen molar-refractivity contribution in [1.82, 2.24) is 0 Å². The second kappa shape index (κ2) is 13.6. The molecule has 2 aromatic heterocycles. The van der Waals surface area contributed by atoms with Crippen LogP contribution in [0.3, 0.4) is 0 Å². The molecule has 0 N–H and O–H groups in total. The van der Waals surface area contributed by atoms with Gasteiger partial charge in [-0.1, -0.05) is 120 Å². The van der Waals surface area contributed by atoms with Gasteiger partial charge in [-0.2, -0.15) is 0 Å². The SMILES string of the molecule is CCCCCCC1([C]2C=CC(C3(CCCCCC)C=CC(c4cccs4)S3)=CC2)C=CC(c2cccs2)S1. The van der Waals surface area contributed by atoms with Gasteiger partial charge in [0.1, 0.15) is 0 Å². The van der Waals surface area contributed by atoms with Crippen LogP contribution < -0.4 is 0 Å². The van der Waals surface area contributed by atoms with Gasteiger partial charge in [0.2, 0.25) is 0 Å². The molecule has 2 aromatic rings. The summed E-state index contributed by atoms with van der Waals surface area (Å²) in [4.78, 5) is 2.99. The molecule has 203 valence electrons. The van der Waals surface area contributed by atoms with Gasteiger partial charge in [-0.3, -0.25) is 0 Å². The third-order valence-electron chi connectivity index (χ3n) is 8.24. The highest BCUT2D eigenvalue weighted by Crippen LogP contribution is 2.58. The van der Waals surface area contributed by atoms with E-state index in [9.17, 15) is 0 Å². The Labute approximate surface area is 248 Å². The van der Waals surface area contributed by atoms with E-state index in [4.69, 9.17) is 0 Å². The van der Waals surface area contributed by atoms with Gasteiger partial charge < -0.3 is 0 Å². The Kier molecular flexibility index (Phi) is 10.2. The molecule has 4 unspecified atom stereocenters. The van der Waals surface area contributed by atoms with Gasteiger partial charge in [0, 0.05) is 20.4 Å². The van der Waals surface area contributed by atoms with Crippen molar-refractivity contribution in [2.24, 2.45) is 0 Å². The number of rotatable bonds is 14. The quantitative estimate of drug-likeness (QED) is 0.161. The van der Waals surface area contributed by atoms with Crippen LogP contribution in [0.4, 0.5) is 0 Å². The number of hydrogen-bond donors (Lipinski definition) is 0. The second-order valence-electron chi connectivity index (χ2n) is 10.9. The summed E-state index contributed by atoms with van der Waals surface area (Å²) in [6, 6.07) is 9.03. The minimum Gasteiger partial charge on any atom is -0.147 e. The van der Waals surface area contributed by atoms with Gasteiger partial charge in [0.15, 0.2) is 0 Å². The van der Waals surface area contributed by atoms with Crippen molar-refractivity contribution >= 4 is 46.2 Å². The van der Waals surface area contributed by atoms with Crippen molar-refractivity contribution in [3.05, 3.63) is 98.8 Å². The molecule has 1 radical (unpaired) electrons. The molecule has 0 saturated carbocycles. The molecule has 1 aliphatic carbocycles. The van der Waals surface area contributed by atoms with Crippen LogP contribution >= 0.6 is 46.2 Å². The minimum atomic E-state index is 0.122. The lowest BCUT2D eigenvalue weighted by atomic mass is 9.78. The molecule has 0 spiro atoms. The maximum atomic E-state index is 2.60. The summed E-state index contributed by atoms with van der Waals surface area (Å²) in [5.74, 6) is 1.61. The van der Waals surface area contributed by atoms with Gasteiger partial charge in [0.05, 0.1) is 15.2 Å². The Balaban J connectivity index is 1.32. The van der Waals surface area contributed by atoms with Crippen molar-refractivity contribution in [2.75, 3.05) is 0 Å². The first-order valence-corrected chi connectivity index (χ1v) is 18.3. The van der Waals surface area contributed by atoms with Crippen molar-refractivity contribution in [3.63, 3.8) is 0 Å². The highest BCUT2D eigenvalue weighted by atomic mass is 32.2. The van der Waals surface area contributed by atoms with Crippen molar-refractivity contribution in [3.8, 4) is 0 Å². The molecule has 4 heterocycles. The fraction of sp³-hybridized carbons (Fsp3) is 0.500. The largest absolute Gasteiger partial charge is 0.147 e. The van der Waals surface area contributed by atoms with Gasteiger partial charge in [0.25, 0.3) is 0 Å². The molecule has 0 nitrogen and oxygen atoms in total. The van der Waals surface area contributed by atoms with Gasteiger partial charge >= 0.3 is 0 Å². The molecule has 38 heavy (non-hydrogen) atoms. The van der Waals surface area contributed by atoms with E-state index in [0.29, 0.717) is 10.5 Å². The minimum absolute atomic E-state index is 0.122. The summed E-state index contributed by atoms with van der Waals surface area (Å²) in [6.45, 7) is 4.63. The highest BCUT2D eigenvalue weighted by Gasteiger charge is 2.44. The third kappa shape index (κ3) is 6.51. The predicted molar refractivity (Wildman–Crippen MR) is 176 cm³/mol. The van der Waals surface area contributed by atoms with E-state index in [1.165, 1.54) is 74.0 Å². The lowest BCUT2D eigenvalue weighted by Gasteiger charge is -2.38. The number of thiophene rings is 2. The Hall–Kier alpha value is -0.940. The Morgan fingerprint density at radius 2 is 1.29 bits per heavy atom. The first kappa shape index (κ1) is 28.6. The average molecular weight is 580 g/mol. The van der Waals surface area contributed by atoms with E-state index in [1.807, 2.05) is 22.7 Å². The molecular weight excluding hydrogens is 537 g/mol. The van der Waals surface area contributed by atoms with E-state index < -0.39 is 0 Å². The number of hydrogen-bond acceptors (Lipinski definition) is 4. The molecule has 5 rings (SSSR count). The number of allylic oxidation sites excluding steroid dienone is 3. The number of thioether (sulfide) groups is 2. The molecule has 3 aliphatic rings.